The van der Waals surface area contributed by atoms with Crippen molar-refractivity contribution in [3.05, 3.63) is 23.0 Å². The molecule has 0 aliphatic carbocycles. The molecule has 2 rings (SSSR count). The number of nitrogens with zero attached hydrogens (tertiary/aromatic N) is 1. The monoisotopic (exact) mass is 175 g/mol. The zero-order chi connectivity index (χ0) is 10.5. The second-order valence-corrected chi connectivity index (χ2v) is 3.35. The summed E-state index contributed by atoms with van der Waals surface area (Å²) in [4.78, 5) is 4.12. The maximum atomic E-state index is 13.7. The van der Waals surface area contributed by atoms with Crippen molar-refractivity contribution in [1.82, 2.24) is 0 Å². The zero-order valence-electron chi connectivity index (χ0n) is 8.90. The van der Waals surface area contributed by atoms with Crippen LogP contribution in [-0.4, -0.2) is 12.9 Å². The first-order chi connectivity index (χ1) is 6.52. The summed E-state index contributed by atoms with van der Waals surface area (Å²) >= 11 is 0. The number of halogens is 1. The first-order valence-electron chi connectivity index (χ1n) is 4.71. The minimum Gasteiger partial charge on any atom is -0.266 e. The topological polar surface area (TPSA) is 12.4 Å². The molecule has 3 heteroatoms. The van der Waals surface area contributed by atoms with E-state index in [9.17, 15) is 4.39 Å². The second-order valence-electron chi connectivity index (χ2n) is 3.35. The van der Waals surface area contributed by atoms with E-state index in [1.54, 1.807) is 6.92 Å². The lowest BCUT2D eigenvalue weighted by atomic mass is 9.66. The molecule has 1 heterocycles. The summed E-state index contributed by atoms with van der Waals surface area (Å²) in [6.07, 6.45) is 0. The molecule has 0 N–H and O–H groups in total. The smallest absolute Gasteiger partial charge is 0.214 e. The van der Waals surface area contributed by atoms with E-state index < -0.39 is 0 Å². The van der Waals surface area contributed by atoms with Gasteiger partial charge in [0.2, 0.25) is 7.28 Å². The highest BCUT2D eigenvalue weighted by Gasteiger charge is 2.20. The Kier molecular flexibility index (Phi) is 1.51. The first kappa shape index (κ1) is 7.30. The van der Waals surface area contributed by atoms with Crippen molar-refractivity contribution < 1.29 is 5.76 Å². The number of rotatable bonds is 0. The Labute approximate surface area is 79.3 Å². The van der Waals surface area contributed by atoms with E-state index in [1.807, 2.05) is 21.1 Å². The summed E-state index contributed by atoms with van der Waals surface area (Å²) in [6, 6.07) is 0.280. The van der Waals surface area contributed by atoms with Gasteiger partial charge in [0.1, 0.15) is 0 Å². The van der Waals surface area contributed by atoms with Crippen LogP contribution in [0.15, 0.2) is 11.0 Å². The molecule has 1 aromatic carbocycles. The molecule has 0 atom stereocenters. The summed E-state index contributed by atoms with van der Waals surface area (Å²) in [5.74, 6) is -0.358. The van der Waals surface area contributed by atoms with Crippen molar-refractivity contribution in [2.75, 3.05) is 0 Å². The van der Waals surface area contributed by atoms with Gasteiger partial charge in [0.25, 0.3) is 0 Å². The lowest BCUT2D eigenvalue weighted by Gasteiger charge is -2.06. The summed E-state index contributed by atoms with van der Waals surface area (Å²) in [7, 11) is 1.82. The molecule has 0 saturated carbocycles. The van der Waals surface area contributed by atoms with E-state index in [1.165, 1.54) is 0 Å². The third-order valence-electron chi connectivity index (χ3n) is 2.21. The average molecular weight is 175 g/mol. The van der Waals surface area contributed by atoms with Gasteiger partial charge in [0, 0.05) is 0 Å². The normalized spacial score (nSPS) is 14.8. The molecule has 13 heavy (non-hydrogen) atoms. The molecule has 0 bridgehead atoms. The van der Waals surface area contributed by atoms with Crippen LogP contribution in [0.25, 0.3) is 0 Å². The molecule has 0 amide bonds. The van der Waals surface area contributed by atoms with Crippen molar-refractivity contribution in [3.8, 4) is 0 Å². The summed E-state index contributed by atoms with van der Waals surface area (Å²) in [6.45, 7) is 5.28. The number of hydrogen-bond acceptors (Lipinski definition) is 1. The van der Waals surface area contributed by atoms with Crippen LogP contribution in [0.1, 0.15) is 19.4 Å². The third-order valence-corrected chi connectivity index (χ3v) is 2.21. The van der Waals surface area contributed by atoms with E-state index in [4.69, 9.17) is 1.37 Å². The highest BCUT2D eigenvalue weighted by atomic mass is 19.1. The van der Waals surface area contributed by atoms with E-state index in [2.05, 4.69) is 4.99 Å². The Balaban J connectivity index is 2.78. The van der Waals surface area contributed by atoms with E-state index in [0.717, 1.165) is 16.6 Å². The minimum atomic E-state index is -0.358. The fourth-order valence-electron chi connectivity index (χ4n) is 1.58. The zero-order valence-corrected chi connectivity index (χ0v) is 7.90. The third kappa shape index (κ3) is 1.19. The quantitative estimate of drug-likeness (QED) is 0.533. The average Bonchev–Trinajstić information content (AvgIpc) is 2.54. The van der Waals surface area contributed by atoms with Gasteiger partial charge in [-0.1, -0.05) is 11.6 Å². The fourth-order valence-corrected chi connectivity index (χ4v) is 1.58. The van der Waals surface area contributed by atoms with Gasteiger partial charge in [-0.05, 0) is 37.4 Å². The van der Waals surface area contributed by atoms with Gasteiger partial charge >= 0.3 is 0 Å². The SMILES string of the molecule is [2H]c1c(C)c(F)c2c(c1C)[B]C(C)=N2. The molecule has 0 unspecified atom stereocenters. The maximum Gasteiger partial charge on any atom is 0.214 e. The Morgan fingerprint density at radius 1 is 1.38 bits per heavy atom. The first-order valence-corrected chi connectivity index (χ1v) is 4.21. The largest absolute Gasteiger partial charge is 0.266 e. The maximum absolute atomic E-state index is 13.7. The molecule has 0 spiro atoms. The van der Waals surface area contributed by atoms with Gasteiger partial charge in [-0.15, -0.1) is 0 Å². The van der Waals surface area contributed by atoms with E-state index >= 15 is 0 Å². The number of benzene rings is 1. The lowest BCUT2D eigenvalue weighted by Crippen LogP contribution is -2.19. The van der Waals surface area contributed by atoms with Crippen LogP contribution in [0.2, 0.25) is 0 Å². The van der Waals surface area contributed by atoms with Crippen LogP contribution >= 0.6 is 0 Å². The molecule has 1 radical (unpaired) electrons. The second kappa shape index (κ2) is 2.69. The van der Waals surface area contributed by atoms with Gasteiger partial charge in [-0.25, -0.2) is 4.39 Å². The van der Waals surface area contributed by atoms with E-state index in [-0.39, 0.29) is 11.9 Å². The Hall–Kier alpha value is -1.12. The molecule has 65 valence electrons. The van der Waals surface area contributed by atoms with Gasteiger partial charge in [0.15, 0.2) is 5.82 Å². The van der Waals surface area contributed by atoms with Crippen molar-refractivity contribution in [2.45, 2.75) is 20.8 Å². The molecular formula is C10H10BFN. The number of fused-ring (bicyclic) bond motifs is 1. The van der Waals surface area contributed by atoms with Crippen LogP contribution in [0, 0.1) is 19.7 Å². The van der Waals surface area contributed by atoms with Crippen LogP contribution in [0.3, 0.4) is 0 Å². The number of hydrogen-bond donors (Lipinski definition) is 0. The predicted octanol–water partition coefficient (Wildman–Crippen LogP) is 1.84. The highest BCUT2D eigenvalue weighted by Crippen LogP contribution is 2.23. The molecular weight excluding hydrogens is 164 g/mol. The van der Waals surface area contributed by atoms with Crippen LogP contribution in [-0.2, 0) is 0 Å². The van der Waals surface area contributed by atoms with Crippen molar-refractivity contribution in [3.63, 3.8) is 0 Å². The minimum absolute atomic E-state index is 0.280. The molecule has 1 aliphatic rings. The fraction of sp³-hybridized carbons (Fsp3) is 0.300. The van der Waals surface area contributed by atoms with Crippen LogP contribution in [0.5, 0.6) is 0 Å². The summed E-state index contributed by atoms with van der Waals surface area (Å²) < 4.78 is 21.4. The summed E-state index contributed by atoms with van der Waals surface area (Å²) in [5, 5.41) is 0. The van der Waals surface area contributed by atoms with Crippen molar-refractivity contribution in [1.29, 1.82) is 0 Å². The molecule has 1 nitrogen and oxygen atoms in total. The molecule has 0 fully saturated rings. The van der Waals surface area contributed by atoms with Crippen molar-refractivity contribution >= 4 is 24.0 Å². The Morgan fingerprint density at radius 3 is 2.77 bits per heavy atom. The highest BCUT2D eigenvalue weighted by molar-refractivity contribution is 6.88. The molecule has 1 aliphatic heterocycles. The standard InChI is InChI=1S/C10H10BFN/c1-5-4-6(2)9(12)10-8(5)11-7(3)13-10/h4H,1-3H3/i4D. The molecule has 1 aromatic rings. The van der Waals surface area contributed by atoms with Crippen LogP contribution < -0.4 is 5.46 Å². The van der Waals surface area contributed by atoms with Gasteiger partial charge < -0.3 is 0 Å². The Bertz CT molecular complexity index is 454. The number of aliphatic imine (C=N–C) groups is 1. The molecule has 0 saturated heterocycles. The van der Waals surface area contributed by atoms with Crippen LogP contribution in [0.4, 0.5) is 10.1 Å². The summed E-state index contributed by atoms with van der Waals surface area (Å²) in [5.41, 5.74) is 3.14. The van der Waals surface area contributed by atoms with E-state index in [0.29, 0.717) is 11.3 Å². The Morgan fingerprint density at radius 2 is 2.08 bits per heavy atom. The van der Waals surface area contributed by atoms with Gasteiger partial charge in [-0.2, -0.15) is 0 Å². The molecule has 0 aromatic heterocycles. The van der Waals surface area contributed by atoms with Gasteiger partial charge in [0.05, 0.1) is 7.06 Å². The van der Waals surface area contributed by atoms with Gasteiger partial charge in [-0.3, -0.25) is 4.99 Å². The lowest BCUT2D eigenvalue weighted by molar-refractivity contribution is 0.621. The predicted molar refractivity (Wildman–Crippen MR) is 54.0 cm³/mol. The van der Waals surface area contributed by atoms with Crippen molar-refractivity contribution in [2.24, 2.45) is 4.99 Å².